The molecule has 1 unspecified atom stereocenters. The normalized spacial score (nSPS) is 12.4. The third-order valence-electron chi connectivity index (χ3n) is 1.94. The first-order chi connectivity index (χ1) is 6.56. The Labute approximate surface area is 90.5 Å². The molecule has 1 aromatic rings. The molecule has 0 aliphatic rings. The van der Waals surface area contributed by atoms with Gasteiger partial charge in [0, 0.05) is 16.8 Å². The van der Waals surface area contributed by atoms with Crippen LogP contribution in [-0.2, 0) is 0 Å². The van der Waals surface area contributed by atoms with Crippen LogP contribution in [0.15, 0.2) is 18.2 Å². The summed E-state index contributed by atoms with van der Waals surface area (Å²) in [5.41, 5.74) is 0.409. The average Bonchev–Trinajstić information content (AvgIpc) is 2.20. The van der Waals surface area contributed by atoms with Crippen LogP contribution in [0.3, 0.4) is 0 Å². The van der Waals surface area contributed by atoms with Gasteiger partial charge in [0.25, 0.3) is 0 Å². The Hall–Kier alpha value is -1.03. The molecule has 0 heterocycles. The van der Waals surface area contributed by atoms with E-state index in [2.05, 4.69) is 15.9 Å². The van der Waals surface area contributed by atoms with Crippen LogP contribution in [0.25, 0.3) is 0 Å². The number of phenols is 2. The van der Waals surface area contributed by atoms with Gasteiger partial charge in [0.2, 0.25) is 0 Å². The standard InChI is InChI=1S/C10H11BrO3/c1-6(5-11)10(14)7-2-3-8(12)9(13)4-7/h2-4,6,12-13H,5H2,1H3. The maximum atomic E-state index is 11.6. The van der Waals surface area contributed by atoms with Crippen molar-refractivity contribution in [1.82, 2.24) is 0 Å². The molecule has 0 aromatic heterocycles. The first kappa shape index (κ1) is 11.0. The van der Waals surface area contributed by atoms with Crippen molar-refractivity contribution in [3.63, 3.8) is 0 Å². The first-order valence-corrected chi connectivity index (χ1v) is 5.30. The van der Waals surface area contributed by atoms with Crippen molar-refractivity contribution in [2.75, 3.05) is 5.33 Å². The molecule has 0 radical (unpaired) electrons. The molecule has 0 amide bonds. The smallest absolute Gasteiger partial charge is 0.166 e. The van der Waals surface area contributed by atoms with Gasteiger partial charge in [-0.25, -0.2) is 0 Å². The van der Waals surface area contributed by atoms with Crippen molar-refractivity contribution in [3.8, 4) is 11.5 Å². The molecule has 1 atom stereocenters. The van der Waals surface area contributed by atoms with Gasteiger partial charge < -0.3 is 10.2 Å². The van der Waals surface area contributed by atoms with Gasteiger partial charge in [-0.2, -0.15) is 0 Å². The monoisotopic (exact) mass is 258 g/mol. The van der Waals surface area contributed by atoms with Crippen LogP contribution in [0.5, 0.6) is 11.5 Å². The van der Waals surface area contributed by atoms with E-state index in [-0.39, 0.29) is 23.2 Å². The minimum absolute atomic E-state index is 0.0582. The summed E-state index contributed by atoms with van der Waals surface area (Å²) in [5, 5.41) is 18.8. The van der Waals surface area contributed by atoms with E-state index >= 15 is 0 Å². The van der Waals surface area contributed by atoms with Crippen molar-refractivity contribution in [1.29, 1.82) is 0 Å². The summed E-state index contributed by atoms with van der Waals surface area (Å²) in [6.07, 6.45) is 0. The lowest BCUT2D eigenvalue weighted by atomic mass is 10.0. The molecule has 0 aliphatic heterocycles. The molecule has 1 aromatic carbocycles. The van der Waals surface area contributed by atoms with Gasteiger partial charge >= 0.3 is 0 Å². The lowest BCUT2D eigenvalue weighted by Gasteiger charge is -2.07. The lowest BCUT2D eigenvalue weighted by Crippen LogP contribution is -2.12. The highest BCUT2D eigenvalue weighted by atomic mass is 79.9. The van der Waals surface area contributed by atoms with E-state index in [9.17, 15) is 9.90 Å². The number of rotatable bonds is 3. The Kier molecular flexibility index (Phi) is 3.52. The Balaban J connectivity index is 2.97. The summed E-state index contributed by atoms with van der Waals surface area (Å²) in [4.78, 5) is 11.6. The number of benzene rings is 1. The zero-order chi connectivity index (χ0) is 10.7. The number of carbonyl (C=O) groups excluding carboxylic acids is 1. The highest BCUT2D eigenvalue weighted by molar-refractivity contribution is 9.09. The van der Waals surface area contributed by atoms with Crippen LogP contribution in [0.1, 0.15) is 17.3 Å². The summed E-state index contributed by atoms with van der Waals surface area (Å²) >= 11 is 3.21. The van der Waals surface area contributed by atoms with Crippen molar-refractivity contribution in [3.05, 3.63) is 23.8 Å². The van der Waals surface area contributed by atoms with Crippen LogP contribution in [0.4, 0.5) is 0 Å². The van der Waals surface area contributed by atoms with Gasteiger partial charge in [-0.05, 0) is 18.2 Å². The fourth-order valence-corrected chi connectivity index (χ4v) is 1.33. The number of alkyl halides is 1. The van der Waals surface area contributed by atoms with Crippen LogP contribution in [0.2, 0.25) is 0 Å². The molecule has 0 spiro atoms. The van der Waals surface area contributed by atoms with Gasteiger partial charge in [-0.1, -0.05) is 22.9 Å². The largest absolute Gasteiger partial charge is 0.504 e. The highest BCUT2D eigenvalue weighted by Crippen LogP contribution is 2.26. The minimum Gasteiger partial charge on any atom is -0.504 e. The van der Waals surface area contributed by atoms with E-state index < -0.39 is 0 Å². The van der Waals surface area contributed by atoms with Crippen molar-refractivity contribution in [2.45, 2.75) is 6.92 Å². The van der Waals surface area contributed by atoms with E-state index in [0.29, 0.717) is 10.9 Å². The SMILES string of the molecule is CC(CBr)C(=O)c1ccc(O)c(O)c1. The molecule has 0 aliphatic carbocycles. The molecule has 0 saturated carbocycles. The highest BCUT2D eigenvalue weighted by Gasteiger charge is 2.14. The molecule has 0 saturated heterocycles. The fraction of sp³-hybridized carbons (Fsp3) is 0.300. The van der Waals surface area contributed by atoms with Gasteiger partial charge in [-0.3, -0.25) is 4.79 Å². The molecule has 76 valence electrons. The van der Waals surface area contributed by atoms with Crippen LogP contribution < -0.4 is 0 Å². The fourth-order valence-electron chi connectivity index (χ4n) is 1.03. The summed E-state index contributed by atoms with van der Waals surface area (Å²) in [7, 11) is 0. The number of Topliss-reactive ketones (excluding diaryl/α,β-unsaturated/α-hetero) is 1. The number of halogens is 1. The predicted octanol–water partition coefficient (Wildman–Crippen LogP) is 2.31. The molecule has 0 bridgehead atoms. The maximum absolute atomic E-state index is 11.6. The van der Waals surface area contributed by atoms with Gasteiger partial charge in [0.1, 0.15) is 0 Å². The van der Waals surface area contributed by atoms with Crippen molar-refractivity contribution >= 4 is 21.7 Å². The van der Waals surface area contributed by atoms with Crippen molar-refractivity contribution < 1.29 is 15.0 Å². The summed E-state index contributed by atoms with van der Waals surface area (Å²) in [6.45, 7) is 1.79. The second kappa shape index (κ2) is 4.46. The topological polar surface area (TPSA) is 57.5 Å². The summed E-state index contributed by atoms with van der Waals surface area (Å²) < 4.78 is 0. The summed E-state index contributed by atoms with van der Waals surface area (Å²) in [5.74, 6) is -0.679. The predicted molar refractivity (Wildman–Crippen MR) is 57.1 cm³/mol. The van der Waals surface area contributed by atoms with E-state index in [4.69, 9.17) is 5.11 Å². The van der Waals surface area contributed by atoms with Gasteiger partial charge in [0.05, 0.1) is 0 Å². The maximum Gasteiger partial charge on any atom is 0.166 e. The lowest BCUT2D eigenvalue weighted by molar-refractivity contribution is 0.0942. The van der Waals surface area contributed by atoms with Crippen molar-refractivity contribution in [2.24, 2.45) is 5.92 Å². The number of hydrogen-bond donors (Lipinski definition) is 2. The molecule has 14 heavy (non-hydrogen) atoms. The third-order valence-corrected chi connectivity index (χ3v) is 2.91. The molecule has 0 fully saturated rings. The molecule has 2 N–H and O–H groups in total. The number of aromatic hydroxyl groups is 2. The van der Waals surface area contributed by atoms with E-state index in [1.165, 1.54) is 18.2 Å². The van der Waals surface area contributed by atoms with Gasteiger partial charge in [0.15, 0.2) is 17.3 Å². The van der Waals surface area contributed by atoms with Gasteiger partial charge in [-0.15, -0.1) is 0 Å². The zero-order valence-electron chi connectivity index (χ0n) is 7.70. The number of ketones is 1. The number of hydrogen-bond acceptors (Lipinski definition) is 3. The molecule has 1 rings (SSSR count). The zero-order valence-corrected chi connectivity index (χ0v) is 9.28. The quantitative estimate of drug-likeness (QED) is 0.497. The third kappa shape index (κ3) is 2.26. The Morgan fingerprint density at radius 3 is 2.57 bits per heavy atom. The molecule has 3 nitrogen and oxygen atoms in total. The van der Waals surface area contributed by atoms with Crippen LogP contribution in [0, 0.1) is 5.92 Å². The Bertz CT molecular complexity index is 349. The second-order valence-corrected chi connectivity index (χ2v) is 3.77. The van der Waals surface area contributed by atoms with Crippen LogP contribution in [-0.4, -0.2) is 21.3 Å². The number of phenolic OH excluding ortho intramolecular Hbond substituents is 2. The van der Waals surface area contributed by atoms with Crippen LogP contribution >= 0.6 is 15.9 Å². The Morgan fingerprint density at radius 2 is 2.07 bits per heavy atom. The number of carbonyl (C=O) groups is 1. The molecule has 4 heteroatoms. The molecular formula is C10H11BrO3. The second-order valence-electron chi connectivity index (χ2n) is 3.12. The Morgan fingerprint density at radius 1 is 1.43 bits per heavy atom. The van der Waals surface area contributed by atoms with E-state index in [1.807, 2.05) is 0 Å². The minimum atomic E-state index is -0.266. The molecular weight excluding hydrogens is 248 g/mol. The summed E-state index contributed by atoms with van der Waals surface area (Å²) in [6, 6.07) is 4.08. The average molecular weight is 259 g/mol. The first-order valence-electron chi connectivity index (χ1n) is 4.18. The van der Waals surface area contributed by atoms with E-state index in [0.717, 1.165) is 0 Å². The van der Waals surface area contributed by atoms with E-state index in [1.54, 1.807) is 6.92 Å².